The average molecular weight is 207 g/mol. The number of carboxylic acid groups (broad SMARTS) is 1. The molecule has 0 amide bonds. The van der Waals surface area contributed by atoms with Crippen LogP contribution in [-0.2, 0) is 4.79 Å². The molecule has 4 heteroatoms. The Morgan fingerprint density at radius 1 is 1.57 bits per heavy atom. The SMILES string of the molecule is CC(C(=O)O)c1ccc2scnc2c1. The van der Waals surface area contributed by atoms with Crippen LogP contribution in [0.15, 0.2) is 23.7 Å². The van der Waals surface area contributed by atoms with Gasteiger partial charge in [0.2, 0.25) is 0 Å². The maximum atomic E-state index is 10.8. The number of carboxylic acids is 1. The molecule has 0 radical (unpaired) electrons. The minimum atomic E-state index is -0.806. The first-order valence-corrected chi connectivity index (χ1v) is 5.12. The number of hydrogen-bond acceptors (Lipinski definition) is 3. The predicted molar refractivity (Wildman–Crippen MR) is 55.7 cm³/mol. The highest BCUT2D eigenvalue weighted by atomic mass is 32.1. The Labute approximate surface area is 85.0 Å². The second-order valence-electron chi connectivity index (χ2n) is 3.14. The zero-order valence-corrected chi connectivity index (χ0v) is 8.41. The third kappa shape index (κ3) is 1.48. The molecule has 0 aliphatic carbocycles. The molecule has 0 saturated heterocycles. The van der Waals surface area contributed by atoms with Crippen molar-refractivity contribution >= 4 is 27.5 Å². The summed E-state index contributed by atoms with van der Waals surface area (Å²) >= 11 is 1.56. The molecular weight excluding hydrogens is 198 g/mol. The van der Waals surface area contributed by atoms with E-state index in [1.54, 1.807) is 23.8 Å². The summed E-state index contributed by atoms with van der Waals surface area (Å²) in [6, 6.07) is 5.60. The van der Waals surface area contributed by atoms with E-state index in [9.17, 15) is 4.79 Å². The van der Waals surface area contributed by atoms with Crippen LogP contribution in [0.3, 0.4) is 0 Å². The summed E-state index contributed by atoms with van der Waals surface area (Å²) in [6.45, 7) is 1.68. The number of nitrogens with zero attached hydrogens (tertiary/aromatic N) is 1. The Morgan fingerprint density at radius 2 is 2.36 bits per heavy atom. The number of aromatic nitrogens is 1. The van der Waals surface area contributed by atoms with Gasteiger partial charge in [-0.1, -0.05) is 6.07 Å². The van der Waals surface area contributed by atoms with Gasteiger partial charge in [0.1, 0.15) is 0 Å². The van der Waals surface area contributed by atoms with Gasteiger partial charge in [0.15, 0.2) is 0 Å². The van der Waals surface area contributed by atoms with Crippen molar-refractivity contribution in [1.29, 1.82) is 0 Å². The van der Waals surface area contributed by atoms with Crippen LogP contribution < -0.4 is 0 Å². The minimum Gasteiger partial charge on any atom is -0.481 e. The number of thiazole rings is 1. The Hall–Kier alpha value is -1.42. The van der Waals surface area contributed by atoms with Gasteiger partial charge >= 0.3 is 5.97 Å². The van der Waals surface area contributed by atoms with Gasteiger partial charge in [0.25, 0.3) is 0 Å². The molecule has 1 atom stereocenters. The van der Waals surface area contributed by atoms with Crippen LogP contribution in [0, 0.1) is 0 Å². The highest BCUT2D eigenvalue weighted by Gasteiger charge is 2.13. The Bertz CT molecular complexity index is 478. The molecule has 3 nitrogen and oxygen atoms in total. The third-order valence-electron chi connectivity index (χ3n) is 2.22. The monoisotopic (exact) mass is 207 g/mol. The lowest BCUT2D eigenvalue weighted by molar-refractivity contribution is -0.138. The van der Waals surface area contributed by atoms with E-state index in [4.69, 9.17) is 5.11 Å². The van der Waals surface area contributed by atoms with Crippen molar-refractivity contribution < 1.29 is 9.90 Å². The largest absolute Gasteiger partial charge is 0.481 e. The van der Waals surface area contributed by atoms with Crippen molar-refractivity contribution in [3.63, 3.8) is 0 Å². The molecule has 2 rings (SSSR count). The Kier molecular flexibility index (Phi) is 2.21. The second kappa shape index (κ2) is 3.38. The summed E-state index contributed by atoms with van der Waals surface area (Å²) in [6.07, 6.45) is 0. The number of rotatable bonds is 2. The van der Waals surface area contributed by atoms with Crippen molar-refractivity contribution in [1.82, 2.24) is 4.98 Å². The predicted octanol–water partition coefficient (Wildman–Crippen LogP) is 2.48. The normalized spacial score (nSPS) is 12.9. The molecule has 0 spiro atoms. The quantitative estimate of drug-likeness (QED) is 0.823. The standard InChI is InChI=1S/C10H9NO2S/c1-6(10(12)13)7-2-3-9-8(4-7)11-5-14-9/h2-6H,1H3,(H,12,13). The van der Waals surface area contributed by atoms with E-state index in [1.807, 2.05) is 18.2 Å². The van der Waals surface area contributed by atoms with Crippen molar-refractivity contribution in [3.8, 4) is 0 Å². The highest BCUT2D eigenvalue weighted by Crippen LogP contribution is 2.23. The molecule has 0 bridgehead atoms. The maximum absolute atomic E-state index is 10.8. The molecule has 1 unspecified atom stereocenters. The highest BCUT2D eigenvalue weighted by molar-refractivity contribution is 7.16. The average Bonchev–Trinajstić information content (AvgIpc) is 2.62. The van der Waals surface area contributed by atoms with E-state index in [2.05, 4.69) is 4.98 Å². The fourth-order valence-electron chi connectivity index (χ4n) is 1.29. The fraction of sp³-hybridized carbons (Fsp3) is 0.200. The third-order valence-corrected chi connectivity index (χ3v) is 3.03. The number of fused-ring (bicyclic) bond motifs is 1. The lowest BCUT2D eigenvalue weighted by Crippen LogP contribution is -2.06. The van der Waals surface area contributed by atoms with Gasteiger partial charge < -0.3 is 5.11 Å². The van der Waals surface area contributed by atoms with Gasteiger partial charge in [-0.05, 0) is 24.6 Å². The maximum Gasteiger partial charge on any atom is 0.310 e. The van der Waals surface area contributed by atoms with Crippen LogP contribution >= 0.6 is 11.3 Å². The van der Waals surface area contributed by atoms with E-state index in [-0.39, 0.29) is 0 Å². The molecule has 1 heterocycles. The fourth-order valence-corrected chi connectivity index (χ4v) is 1.95. The molecule has 0 aliphatic rings. The number of aliphatic carboxylic acids is 1. The summed E-state index contributed by atoms with van der Waals surface area (Å²) in [5.74, 6) is -1.28. The molecular formula is C10H9NO2S. The van der Waals surface area contributed by atoms with Crippen LogP contribution in [0.1, 0.15) is 18.4 Å². The van der Waals surface area contributed by atoms with Crippen LogP contribution in [0.25, 0.3) is 10.2 Å². The Morgan fingerprint density at radius 3 is 3.07 bits per heavy atom. The van der Waals surface area contributed by atoms with Gasteiger partial charge in [-0.25, -0.2) is 4.98 Å². The van der Waals surface area contributed by atoms with Crippen molar-refractivity contribution in [2.75, 3.05) is 0 Å². The molecule has 0 aliphatic heterocycles. The van der Waals surface area contributed by atoms with Gasteiger partial charge in [-0.2, -0.15) is 0 Å². The number of carbonyl (C=O) groups is 1. The van der Waals surface area contributed by atoms with E-state index >= 15 is 0 Å². The zero-order valence-electron chi connectivity index (χ0n) is 7.60. The van der Waals surface area contributed by atoms with Crippen LogP contribution in [0.4, 0.5) is 0 Å². The molecule has 14 heavy (non-hydrogen) atoms. The first-order chi connectivity index (χ1) is 6.68. The van der Waals surface area contributed by atoms with Crippen molar-refractivity contribution in [2.45, 2.75) is 12.8 Å². The summed E-state index contributed by atoms with van der Waals surface area (Å²) in [7, 11) is 0. The molecule has 1 aromatic carbocycles. The second-order valence-corrected chi connectivity index (χ2v) is 4.03. The number of benzene rings is 1. The van der Waals surface area contributed by atoms with E-state index in [0.717, 1.165) is 15.8 Å². The molecule has 1 aromatic heterocycles. The topological polar surface area (TPSA) is 50.2 Å². The van der Waals surface area contributed by atoms with Gasteiger partial charge in [0.05, 0.1) is 21.6 Å². The van der Waals surface area contributed by atoms with E-state index in [0.29, 0.717) is 0 Å². The van der Waals surface area contributed by atoms with Gasteiger partial charge in [-0.15, -0.1) is 11.3 Å². The minimum absolute atomic E-state index is 0.471. The number of hydrogen-bond donors (Lipinski definition) is 1. The van der Waals surface area contributed by atoms with Crippen LogP contribution in [0.5, 0.6) is 0 Å². The molecule has 2 aromatic rings. The molecule has 72 valence electrons. The van der Waals surface area contributed by atoms with Gasteiger partial charge in [-0.3, -0.25) is 4.79 Å². The molecule has 1 N–H and O–H groups in total. The smallest absolute Gasteiger partial charge is 0.310 e. The first-order valence-electron chi connectivity index (χ1n) is 4.24. The first kappa shape index (κ1) is 9.15. The lowest BCUT2D eigenvalue weighted by atomic mass is 10.0. The zero-order chi connectivity index (χ0) is 10.1. The van der Waals surface area contributed by atoms with E-state index < -0.39 is 11.9 Å². The lowest BCUT2D eigenvalue weighted by Gasteiger charge is -2.05. The summed E-state index contributed by atoms with van der Waals surface area (Å²) in [5.41, 5.74) is 3.44. The molecule has 0 fully saturated rings. The van der Waals surface area contributed by atoms with Crippen molar-refractivity contribution in [2.24, 2.45) is 0 Å². The van der Waals surface area contributed by atoms with Crippen LogP contribution in [-0.4, -0.2) is 16.1 Å². The van der Waals surface area contributed by atoms with Crippen molar-refractivity contribution in [3.05, 3.63) is 29.3 Å². The molecule has 0 saturated carbocycles. The van der Waals surface area contributed by atoms with Crippen LogP contribution in [0.2, 0.25) is 0 Å². The summed E-state index contributed by atoms with van der Waals surface area (Å²) in [5, 5.41) is 8.84. The van der Waals surface area contributed by atoms with Gasteiger partial charge in [0, 0.05) is 0 Å². The Balaban J connectivity index is 2.48. The summed E-state index contributed by atoms with van der Waals surface area (Å²) in [4.78, 5) is 14.9. The van der Waals surface area contributed by atoms with E-state index in [1.165, 1.54) is 0 Å². The summed E-state index contributed by atoms with van der Waals surface area (Å²) < 4.78 is 1.09.